The van der Waals surface area contributed by atoms with E-state index in [1.54, 1.807) is 47.1 Å². The number of hydrogen-bond donors (Lipinski definition) is 0. The van der Waals surface area contributed by atoms with Gasteiger partial charge in [0.15, 0.2) is 0 Å². The Morgan fingerprint density at radius 2 is 1.19 bits per heavy atom. The van der Waals surface area contributed by atoms with E-state index in [1.165, 1.54) is 5.56 Å². The summed E-state index contributed by atoms with van der Waals surface area (Å²) in [5, 5.41) is 1.84. The molecule has 0 bridgehead atoms. The van der Waals surface area contributed by atoms with Crippen LogP contribution in [-0.4, -0.2) is 139 Å². The normalized spacial score (nSPS) is 20.2. The molecule has 0 unspecified atom stereocenters. The molecule has 0 aromatic heterocycles. The maximum absolute atomic E-state index is 14.9. The summed E-state index contributed by atoms with van der Waals surface area (Å²) < 4.78 is 18.0. The van der Waals surface area contributed by atoms with Gasteiger partial charge in [-0.2, -0.15) is 0 Å². The molecule has 0 N–H and O–H groups in total. The van der Waals surface area contributed by atoms with Crippen molar-refractivity contribution in [1.82, 2.24) is 29.4 Å². The van der Waals surface area contributed by atoms with Crippen molar-refractivity contribution >= 4 is 64.4 Å². The van der Waals surface area contributed by atoms with Crippen LogP contribution in [0.5, 0.6) is 17.2 Å². The van der Waals surface area contributed by atoms with Crippen LogP contribution in [0.3, 0.4) is 0 Å². The highest BCUT2D eigenvalue weighted by molar-refractivity contribution is 6.31. The number of ether oxygens (including phenoxy) is 3. The first kappa shape index (κ1) is 68.4. The molecule has 17 heteroatoms. The molecule has 0 radical (unpaired) electrons. The van der Waals surface area contributed by atoms with Crippen molar-refractivity contribution in [2.75, 3.05) is 73.6 Å². The molecule has 0 saturated carbocycles. The number of rotatable bonds is 11. The Hall–Kier alpha value is -7.10. The van der Waals surface area contributed by atoms with Crippen LogP contribution in [0.2, 0.25) is 15.1 Å². The summed E-state index contributed by atoms with van der Waals surface area (Å²) in [4.78, 5) is 63.8. The lowest BCUT2D eigenvalue weighted by molar-refractivity contribution is -0.133. The van der Waals surface area contributed by atoms with Gasteiger partial charge in [0.25, 0.3) is 0 Å². The first-order chi connectivity index (χ1) is 41.9. The summed E-state index contributed by atoms with van der Waals surface area (Å²) in [6.07, 6.45) is -0.138. The molecule has 0 aliphatic carbocycles. The number of amidine groups is 2. The Morgan fingerprint density at radius 1 is 0.659 bits per heavy atom. The number of aryl methyl sites for hydroxylation is 1. The molecular formula is C71H89Cl3N8O6. The van der Waals surface area contributed by atoms with Gasteiger partial charge in [-0.15, -0.1) is 0 Å². The monoisotopic (exact) mass is 1250 g/mol. The Balaban J connectivity index is 0.000000238. The van der Waals surface area contributed by atoms with Crippen LogP contribution in [0.15, 0.2) is 143 Å². The van der Waals surface area contributed by atoms with Crippen LogP contribution in [-0.2, 0) is 21.3 Å². The average Bonchev–Trinajstić information content (AvgIpc) is 1.53. The van der Waals surface area contributed by atoms with E-state index in [-0.39, 0.29) is 36.0 Å². The quantitative estimate of drug-likeness (QED) is 0.127. The number of hydrogen-bond acceptors (Lipinski definition) is 9. The van der Waals surface area contributed by atoms with Gasteiger partial charge in [0.2, 0.25) is 5.91 Å². The number of nitrogens with zero attached hydrogens (tertiary/aromatic N) is 8. The molecule has 5 amide bonds. The molecule has 2 fully saturated rings. The van der Waals surface area contributed by atoms with Gasteiger partial charge in [0, 0.05) is 67.5 Å². The van der Waals surface area contributed by atoms with Crippen molar-refractivity contribution in [3.05, 3.63) is 193 Å². The van der Waals surface area contributed by atoms with Gasteiger partial charge < -0.3 is 33.8 Å². The second-order valence-electron chi connectivity index (χ2n) is 23.6. The highest BCUT2D eigenvalue weighted by Gasteiger charge is 2.60. The minimum atomic E-state index is -0.880. The third-order valence-electron chi connectivity index (χ3n) is 16.5. The van der Waals surface area contributed by atoms with Crippen LogP contribution in [0, 0.1) is 6.92 Å². The van der Waals surface area contributed by atoms with E-state index in [0.29, 0.717) is 76.6 Å². The largest absolute Gasteiger partial charge is 0.497 e. The van der Waals surface area contributed by atoms with Crippen molar-refractivity contribution in [1.29, 1.82) is 0 Å². The number of urea groups is 2. The minimum Gasteiger partial charge on any atom is -0.497 e. The molecule has 4 heterocycles. The Kier molecular flexibility index (Phi) is 22.9. The lowest BCUT2D eigenvalue weighted by Crippen LogP contribution is -2.60. The second-order valence-corrected chi connectivity index (χ2v) is 24.9. The van der Waals surface area contributed by atoms with E-state index >= 15 is 0 Å². The summed E-state index contributed by atoms with van der Waals surface area (Å²) in [5.41, 5.74) is 5.76. The average molecular weight is 1260 g/mol. The third-order valence-corrected chi connectivity index (χ3v) is 17.3. The molecule has 4 aliphatic rings. The van der Waals surface area contributed by atoms with Crippen molar-refractivity contribution < 1.29 is 28.6 Å². The summed E-state index contributed by atoms with van der Waals surface area (Å²) in [6.45, 7) is 31.1. The molecular weight excluding hydrogens is 1170 g/mol. The van der Waals surface area contributed by atoms with Crippen LogP contribution < -0.4 is 14.2 Å². The van der Waals surface area contributed by atoms with E-state index in [4.69, 9.17) is 59.0 Å². The highest BCUT2D eigenvalue weighted by Crippen LogP contribution is 2.54. The molecule has 0 spiro atoms. The van der Waals surface area contributed by atoms with E-state index in [2.05, 4.69) is 96.0 Å². The van der Waals surface area contributed by atoms with E-state index in [0.717, 1.165) is 52.2 Å². The Labute approximate surface area is 538 Å². The molecule has 6 aromatic carbocycles. The Morgan fingerprint density at radius 3 is 1.74 bits per heavy atom. The van der Waals surface area contributed by atoms with Gasteiger partial charge >= 0.3 is 12.1 Å². The Bertz CT molecular complexity index is 3420. The first-order valence-corrected chi connectivity index (χ1v) is 31.8. The predicted molar refractivity (Wildman–Crippen MR) is 359 cm³/mol. The van der Waals surface area contributed by atoms with Crippen LogP contribution in [0.4, 0.5) is 9.59 Å². The van der Waals surface area contributed by atoms with Gasteiger partial charge in [0.05, 0.1) is 37.0 Å². The molecule has 4 aliphatic heterocycles. The molecule has 4 atom stereocenters. The molecule has 6 aromatic rings. The van der Waals surface area contributed by atoms with Crippen LogP contribution >= 0.6 is 34.8 Å². The zero-order valence-electron chi connectivity index (χ0n) is 54.3. The van der Waals surface area contributed by atoms with Gasteiger partial charge in [0.1, 0.15) is 52.6 Å². The highest BCUT2D eigenvalue weighted by atomic mass is 35.5. The maximum atomic E-state index is 14.9. The zero-order chi connectivity index (χ0) is 64.4. The molecule has 88 heavy (non-hydrogen) atoms. The number of halogens is 3. The van der Waals surface area contributed by atoms with Crippen molar-refractivity contribution in [2.24, 2.45) is 9.98 Å². The summed E-state index contributed by atoms with van der Waals surface area (Å²) >= 11 is 18.9. The number of carbonyl (C=O) groups excluding carboxylic acids is 3. The van der Waals surface area contributed by atoms with Gasteiger partial charge in [-0.1, -0.05) is 156 Å². The van der Waals surface area contributed by atoms with Crippen molar-refractivity contribution in [3.63, 3.8) is 0 Å². The van der Waals surface area contributed by atoms with Crippen molar-refractivity contribution in [3.8, 4) is 17.2 Å². The van der Waals surface area contributed by atoms with Crippen LogP contribution in [0.25, 0.3) is 0 Å². The SMILES string of the molecule is CC.CC.CCOc1cc(C(C)(C)C)ccc1C1=N[C@@](C)(c2ccc(C)cc2)[C@@](C)(c2ccc(Cl)cc2)N1C(=O)N1CCN(C)CC1.COc1ccc(C2=N[C@@H](c3ccc(Cl)cc3)[C@@H](c3ccc(Cl)cc3)N2C(=O)N2CCN(C)C(=O)C2)c(OC(C)C)c1. The summed E-state index contributed by atoms with van der Waals surface area (Å²) in [7, 11) is 5.43. The lowest BCUT2D eigenvalue weighted by atomic mass is 9.70. The predicted octanol–water partition coefficient (Wildman–Crippen LogP) is 15.9. The van der Waals surface area contributed by atoms with Gasteiger partial charge in [-0.05, 0) is 142 Å². The van der Waals surface area contributed by atoms with Crippen molar-refractivity contribution in [2.45, 2.75) is 125 Å². The number of carbonyl (C=O) groups is 3. The number of amides is 5. The standard InChI is InChI=1S/C36H45ClN4O2.C31H32Cl2N4O4.2C2H6/c1-9-43-31-24-28(34(3,4)5)16-19-30(31)32-38-35(6,26-12-10-25(2)11-13-26)36(7,27-14-17-29(37)18-15-27)41(32)33(42)40-22-20-39(8)21-23-40;1-19(2)41-26-17-24(40-4)13-14-25(26)30-34-28(20-5-9-22(32)10-6-20)29(21-7-11-23(33)12-8-21)37(30)31(39)36-16-15-35(3)27(38)18-36;2*1-2/h10-19,24H,9,20-23H2,1-8H3;5-14,17,19,28-29H,15-16,18H2,1-4H3;2*1-2H3/t35-,36+;28-,29+;;/m00../s1. The topological polar surface area (TPSA) is 123 Å². The fraction of sp³-hybridized carbons (Fsp3) is 0.423. The first-order valence-electron chi connectivity index (χ1n) is 30.7. The number of benzene rings is 6. The number of aliphatic imine (C=N–C) groups is 2. The molecule has 14 nitrogen and oxygen atoms in total. The zero-order valence-corrected chi connectivity index (χ0v) is 56.5. The fourth-order valence-electron chi connectivity index (χ4n) is 11.4. The van der Waals surface area contributed by atoms with E-state index in [9.17, 15) is 14.4 Å². The fourth-order valence-corrected chi connectivity index (χ4v) is 11.7. The van der Waals surface area contributed by atoms with Crippen LogP contribution in [0.1, 0.15) is 140 Å². The number of methoxy groups -OCH3 is 1. The maximum Gasteiger partial charge on any atom is 0.326 e. The van der Waals surface area contributed by atoms with E-state index in [1.807, 2.05) is 131 Å². The minimum absolute atomic E-state index is 0.0178. The molecule has 470 valence electrons. The molecule has 2 saturated heterocycles. The smallest absolute Gasteiger partial charge is 0.326 e. The van der Waals surface area contributed by atoms with Gasteiger partial charge in [-0.25, -0.2) is 9.59 Å². The van der Waals surface area contributed by atoms with Gasteiger partial charge in [-0.3, -0.25) is 24.6 Å². The summed E-state index contributed by atoms with van der Waals surface area (Å²) in [6, 6.07) is 41.7. The number of piperazine rings is 2. The number of likely N-dealkylation sites (N-methyl/N-ethyl adjacent to an activating group) is 2. The second kappa shape index (κ2) is 29.5. The lowest BCUT2D eigenvalue weighted by Gasteiger charge is -2.47. The summed E-state index contributed by atoms with van der Waals surface area (Å²) in [5.74, 6) is 2.84. The van der Waals surface area contributed by atoms with E-state index < -0.39 is 23.2 Å². The third kappa shape index (κ3) is 14.6. The molecule has 10 rings (SSSR count).